The van der Waals surface area contributed by atoms with E-state index in [1.807, 2.05) is 0 Å². The van der Waals surface area contributed by atoms with Crippen molar-refractivity contribution in [3.05, 3.63) is 34.3 Å². The molecule has 0 aliphatic heterocycles. The van der Waals surface area contributed by atoms with E-state index in [-0.39, 0.29) is 23.8 Å². The maximum absolute atomic E-state index is 12.2. The summed E-state index contributed by atoms with van der Waals surface area (Å²) in [4.78, 5) is 10.6. The Kier molecular flexibility index (Phi) is 5.41. The lowest BCUT2D eigenvalue weighted by Gasteiger charge is -2.11. The van der Waals surface area contributed by atoms with Crippen LogP contribution in [0.4, 0.5) is 13.2 Å². The molecule has 19 heavy (non-hydrogen) atoms. The van der Waals surface area contributed by atoms with Crippen LogP contribution in [0.2, 0.25) is 0 Å². The maximum atomic E-state index is 12.2. The molecule has 0 aliphatic carbocycles. The van der Waals surface area contributed by atoms with Gasteiger partial charge in [0.2, 0.25) is 5.91 Å². The molecule has 0 heterocycles. The van der Waals surface area contributed by atoms with E-state index in [0.717, 1.165) is 0 Å². The second kappa shape index (κ2) is 6.60. The van der Waals surface area contributed by atoms with Gasteiger partial charge in [-0.15, -0.1) is 13.2 Å². The highest BCUT2D eigenvalue weighted by Gasteiger charge is 2.31. The van der Waals surface area contributed by atoms with Crippen molar-refractivity contribution in [3.63, 3.8) is 0 Å². The first-order chi connectivity index (χ1) is 8.78. The van der Waals surface area contributed by atoms with Crippen LogP contribution in [0.1, 0.15) is 12.5 Å². The average molecular weight is 338 g/mol. The lowest BCUT2D eigenvalue weighted by Crippen LogP contribution is -2.19. The van der Waals surface area contributed by atoms with Crippen molar-refractivity contribution in [2.45, 2.75) is 13.3 Å². The van der Waals surface area contributed by atoms with Crippen molar-refractivity contribution < 1.29 is 22.7 Å². The van der Waals surface area contributed by atoms with Gasteiger partial charge in [-0.3, -0.25) is 4.79 Å². The number of benzene rings is 1. The van der Waals surface area contributed by atoms with E-state index in [1.54, 1.807) is 6.07 Å². The Bertz CT molecular complexity index is 486. The minimum Gasteiger partial charge on any atom is -0.405 e. The molecule has 1 N–H and O–H groups in total. The number of nitrogens with one attached hydrogen (secondary N) is 1. The van der Waals surface area contributed by atoms with Crippen LogP contribution >= 0.6 is 15.9 Å². The summed E-state index contributed by atoms with van der Waals surface area (Å²) < 4.78 is 41.1. The lowest BCUT2D eigenvalue weighted by atomic mass is 10.2. The topological polar surface area (TPSA) is 38.3 Å². The quantitative estimate of drug-likeness (QED) is 0.913. The molecule has 1 amide bonds. The van der Waals surface area contributed by atoms with Gasteiger partial charge in [0.1, 0.15) is 5.75 Å². The van der Waals surface area contributed by atoms with E-state index >= 15 is 0 Å². The van der Waals surface area contributed by atoms with Crippen molar-refractivity contribution in [1.82, 2.24) is 5.32 Å². The zero-order chi connectivity index (χ0) is 14.5. The van der Waals surface area contributed by atoms with Crippen LogP contribution in [0.25, 0.3) is 6.08 Å². The number of hydrogen-bond acceptors (Lipinski definition) is 2. The fraction of sp³-hybridized carbons (Fsp3) is 0.250. The lowest BCUT2D eigenvalue weighted by molar-refractivity contribution is -0.274. The first-order valence-corrected chi connectivity index (χ1v) is 6.03. The predicted molar refractivity (Wildman–Crippen MR) is 68.5 cm³/mol. The van der Waals surface area contributed by atoms with Crippen LogP contribution in [0, 0.1) is 0 Å². The zero-order valence-corrected chi connectivity index (χ0v) is 11.5. The van der Waals surface area contributed by atoms with Gasteiger partial charge in [-0.2, -0.15) is 0 Å². The van der Waals surface area contributed by atoms with Gasteiger partial charge in [0.15, 0.2) is 0 Å². The number of amides is 1. The third-order valence-electron chi connectivity index (χ3n) is 1.97. The molecule has 7 heteroatoms. The van der Waals surface area contributed by atoms with Gasteiger partial charge in [-0.05, 0) is 12.1 Å². The van der Waals surface area contributed by atoms with Crippen molar-refractivity contribution in [2.75, 3.05) is 6.54 Å². The number of alkyl halides is 3. The SMILES string of the molecule is CC(=O)NCC=Cc1ccc(Br)cc1OC(F)(F)F. The van der Waals surface area contributed by atoms with Gasteiger partial charge in [0.25, 0.3) is 0 Å². The minimum absolute atomic E-state index is 0.216. The number of ether oxygens (including phenoxy) is 1. The highest BCUT2D eigenvalue weighted by Crippen LogP contribution is 2.30. The number of carbonyl (C=O) groups excluding carboxylic acids is 1. The van der Waals surface area contributed by atoms with E-state index in [1.165, 1.54) is 31.2 Å². The van der Waals surface area contributed by atoms with E-state index in [9.17, 15) is 18.0 Å². The fourth-order valence-electron chi connectivity index (χ4n) is 1.25. The highest BCUT2D eigenvalue weighted by atomic mass is 79.9. The zero-order valence-electron chi connectivity index (χ0n) is 9.92. The molecular weight excluding hydrogens is 327 g/mol. The summed E-state index contributed by atoms with van der Waals surface area (Å²) in [6.45, 7) is 1.59. The third kappa shape index (κ3) is 6.28. The first-order valence-electron chi connectivity index (χ1n) is 5.24. The third-order valence-corrected chi connectivity index (χ3v) is 2.46. The molecular formula is C12H11BrF3NO2. The van der Waals surface area contributed by atoms with Crippen molar-refractivity contribution in [3.8, 4) is 5.75 Å². The molecule has 0 aliphatic rings. The molecule has 0 saturated heterocycles. The van der Waals surface area contributed by atoms with Gasteiger partial charge in [-0.25, -0.2) is 0 Å². The first kappa shape index (κ1) is 15.6. The van der Waals surface area contributed by atoms with Gasteiger partial charge >= 0.3 is 6.36 Å². The van der Waals surface area contributed by atoms with Crippen molar-refractivity contribution >= 4 is 27.9 Å². The normalized spacial score (nSPS) is 11.6. The van der Waals surface area contributed by atoms with Gasteiger partial charge in [0, 0.05) is 23.5 Å². The molecule has 0 fully saturated rings. The largest absolute Gasteiger partial charge is 0.573 e. The molecule has 0 bridgehead atoms. The van der Waals surface area contributed by atoms with Crippen LogP contribution < -0.4 is 10.1 Å². The number of rotatable bonds is 4. The Morgan fingerprint density at radius 1 is 1.47 bits per heavy atom. The summed E-state index contributed by atoms with van der Waals surface area (Å²) in [7, 11) is 0. The van der Waals surface area contributed by atoms with E-state index in [2.05, 4.69) is 26.0 Å². The fourth-order valence-corrected chi connectivity index (χ4v) is 1.59. The molecule has 0 radical (unpaired) electrons. The number of carbonyl (C=O) groups is 1. The van der Waals surface area contributed by atoms with Crippen molar-refractivity contribution in [1.29, 1.82) is 0 Å². The molecule has 0 unspecified atom stereocenters. The molecule has 0 spiro atoms. The highest BCUT2D eigenvalue weighted by molar-refractivity contribution is 9.10. The molecule has 0 atom stereocenters. The summed E-state index contributed by atoms with van der Waals surface area (Å²) in [5, 5.41) is 2.50. The van der Waals surface area contributed by atoms with Gasteiger partial charge in [-0.1, -0.05) is 34.1 Å². The molecule has 104 valence electrons. The molecule has 0 aromatic heterocycles. The Morgan fingerprint density at radius 2 is 2.16 bits per heavy atom. The molecule has 0 saturated carbocycles. The maximum Gasteiger partial charge on any atom is 0.573 e. The standard InChI is InChI=1S/C12H11BrF3NO2/c1-8(18)17-6-2-3-9-4-5-10(13)7-11(9)19-12(14,15)16/h2-5,7H,6H2,1H3,(H,17,18). The molecule has 1 aromatic carbocycles. The predicted octanol–water partition coefficient (Wildman–Crippen LogP) is 3.50. The smallest absolute Gasteiger partial charge is 0.405 e. The van der Waals surface area contributed by atoms with Crippen LogP contribution in [0.3, 0.4) is 0 Å². The Balaban J connectivity index is 2.84. The van der Waals surface area contributed by atoms with E-state index in [0.29, 0.717) is 4.47 Å². The van der Waals surface area contributed by atoms with Crippen LogP contribution in [0.15, 0.2) is 28.7 Å². The van der Waals surface area contributed by atoms with E-state index in [4.69, 9.17) is 0 Å². The number of hydrogen-bond donors (Lipinski definition) is 1. The summed E-state index contributed by atoms with van der Waals surface area (Å²) in [6.07, 6.45) is -1.77. The Morgan fingerprint density at radius 3 is 2.74 bits per heavy atom. The summed E-state index contributed by atoms with van der Waals surface area (Å²) in [5.41, 5.74) is 0.269. The summed E-state index contributed by atoms with van der Waals surface area (Å²) >= 11 is 3.08. The minimum atomic E-state index is -4.75. The van der Waals surface area contributed by atoms with Crippen molar-refractivity contribution in [2.24, 2.45) is 0 Å². The van der Waals surface area contributed by atoms with Crippen LogP contribution in [0.5, 0.6) is 5.75 Å². The van der Waals surface area contributed by atoms with Crippen LogP contribution in [-0.4, -0.2) is 18.8 Å². The second-order valence-electron chi connectivity index (χ2n) is 3.57. The summed E-state index contributed by atoms with van der Waals surface area (Å²) in [5.74, 6) is -0.520. The molecule has 1 rings (SSSR count). The average Bonchev–Trinajstić information content (AvgIpc) is 2.24. The molecule has 3 nitrogen and oxygen atoms in total. The number of halogens is 4. The van der Waals surface area contributed by atoms with Crippen LogP contribution in [-0.2, 0) is 4.79 Å². The summed E-state index contributed by atoms with van der Waals surface area (Å²) in [6, 6.07) is 4.31. The Hall–Kier alpha value is -1.50. The van der Waals surface area contributed by atoms with Gasteiger partial charge in [0.05, 0.1) is 0 Å². The van der Waals surface area contributed by atoms with Gasteiger partial charge < -0.3 is 10.1 Å². The molecule has 1 aromatic rings. The Labute approximate surface area is 116 Å². The second-order valence-corrected chi connectivity index (χ2v) is 4.49. The van der Waals surface area contributed by atoms with E-state index < -0.39 is 6.36 Å². The monoisotopic (exact) mass is 337 g/mol.